The maximum atomic E-state index is 12.8. The first-order valence-corrected chi connectivity index (χ1v) is 8.12. The summed E-state index contributed by atoms with van der Waals surface area (Å²) in [6, 6.07) is 9.46. The van der Waals surface area contributed by atoms with E-state index in [4.69, 9.17) is 4.74 Å². The normalized spacial score (nSPS) is 15.6. The number of thiophene rings is 1. The number of esters is 1. The van der Waals surface area contributed by atoms with Crippen molar-refractivity contribution in [1.82, 2.24) is 0 Å². The second-order valence-electron chi connectivity index (χ2n) is 5.43. The molecule has 0 atom stereocenters. The van der Waals surface area contributed by atoms with Crippen LogP contribution in [0, 0.1) is 6.92 Å². The Hall–Kier alpha value is -2.87. The van der Waals surface area contributed by atoms with Gasteiger partial charge in [-0.05, 0) is 25.1 Å². The van der Waals surface area contributed by atoms with Gasteiger partial charge >= 0.3 is 5.97 Å². The Morgan fingerprint density at radius 3 is 2.88 bits per heavy atom. The molecule has 8 heteroatoms. The van der Waals surface area contributed by atoms with Crippen molar-refractivity contribution in [2.75, 3.05) is 29.0 Å². The molecule has 2 aromatic rings. The number of ether oxygens (including phenoxy) is 1. The highest BCUT2D eigenvalue weighted by molar-refractivity contribution is 7.14. The number of fused-ring (bicyclic) bond motifs is 3. The number of hydrogen-bond acceptors (Lipinski definition) is 7. The molecule has 1 aromatic carbocycles. The molecule has 24 heavy (non-hydrogen) atoms. The first-order chi connectivity index (χ1) is 11.6. The maximum absolute atomic E-state index is 12.8. The summed E-state index contributed by atoms with van der Waals surface area (Å²) in [4.78, 5) is 29.6. The molecule has 1 fully saturated rings. The highest BCUT2D eigenvalue weighted by atomic mass is 32.1. The summed E-state index contributed by atoms with van der Waals surface area (Å²) in [6.07, 6.45) is 0. The number of amides is 1. The number of carbonyl (C=O) groups excluding carboxylic acids is 2. The zero-order valence-corrected chi connectivity index (χ0v) is 13.9. The van der Waals surface area contributed by atoms with Crippen LogP contribution in [-0.2, 0) is 9.53 Å². The van der Waals surface area contributed by atoms with Crippen molar-refractivity contribution in [1.29, 1.82) is 0 Å². The van der Waals surface area contributed by atoms with Gasteiger partial charge < -0.3 is 4.74 Å². The van der Waals surface area contributed by atoms with E-state index in [2.05, 4.69) is 10.5 Å². The first kappa shape index (κ1) is 14.7. The number of para-hydroxylation sites is 2. The lowest BCUT2D eigenvalue weighted by Gasteiger charge is -2.24. The molecule has 0 spiro atoms. The van der Waals surface area contributed by atoms with E-state index < -0.39 is 5.97 Å². The molecule has 0 aliphatic carbocycles. The number of nitrogens with one attached hydrogen (secondary N) is 1. The third-order valence-electron chi connectivity index (χ3n) is 3.95. The molecule has 0 bridgehead atoms. The van der Waals surface area contributed by atoms with E-state index in [0.29, 0.717) is 23.1 Å². The summed E-state index contributed by atoms with van der Waals surface area (Å²) in [5.74, 6) is -0.380. The third kappa shape index (κ3) is 2.07. The lowest BCUT2D eigenvalue weighted by molar-refractivity contribution is -0.111. The van der Waals surface area contributed by atoms with E-state index in [1.54, 1.807) is 4.90 Å². The predicted molar refractivity (Wildman–Crippen MR) is 92.7 cm³/mol. The standard InChI is InChI=1S/C16H14N4O3S/c1-9-7-12(13(24-9)16(22)23-2)20-8-19-11-6-4-3-5-10(11)17-18-14(19)15(20)21/h3-7,17H,8H2,1-2H3. The van der Waals surface area contributed by atoms with E-state index in [-0.39, 0.29) is 5.91 Å². The number of amidine groups is 1. The molecule has 0 unspecified atom stereocenters. The molecule has 2 aliphatic rings. The smallest absolute Gasteiger partial charge is 0.350 e. The van der Waals surface area contributed by atoms with Gasteiger partial charge in [0.15, 0.2) is 0 Å². The van der Waals surface area contributed by atoms with Crippen molar-refractivity contribution < 1.29 is 14.3 Å². The first-order valence-electron chi connectivity index (χ1n) is 7.31. The fraction of sp³-hybridized carbons (Fsp3) is 0.188. The lowest BCUT2D eigenvalue weighted by atomic mass is 10.2. The largest absolute Gasteiger partial charge is 0.465 e. The van der Waals surface area contributed by atoms with Gasteiger partial charge in [-0.1, -0.05) is 12.1 Å². The van der Waals surface area contributed by atoms with E-state index in [1.165, 1.54) is 18.4 Å². The van der Waals surface area contributed by atoms with Crippen LogP contribution < -0.4 is 15.2 Å². The fourth-order valence-electron chi connectivity index (χ4n) is 2.85. The summed E-state index contributed by atoms with van der Waals surface area (Å²) >= 11 is 1.31. The molecule has 7 nitrogen and oxygen atoms in total. The molecular formula is C16H14N4O3S. The number of carbonyl (C=O) groups is 2. The summed E-state index contributed by atoms with van der Waals surface area (Å²) < 4.78 is 4.84. The van der Waals surface area contributed by atoms with Crippen LogP contribution in [0.2, 0.25) is 0 Å². The Labute approximate surface area is 142 Å². The summed E-state index contributed by atoms with van der Waals surface area (Å²) in [6.45, 7) is 2.19. The fourth-order valence-corrected chi connectivity index (χ4v) is 3.78. The number of hydrazone groups is 1. The van der Waals surface area contributed by atoms with Crippen molar-refractivity contribution in [2.24, 2.45) is 5.10 Å². The van der Waals surface area contributed by atoms with Crippen LogP contribution in [0.4, 0.5) is 17.1 Å². The minimum atomic E-state index is -0.443. The third-order valence-corrected chi connectivity index (χ3v) is 4.97. The summed E-state index contributed by atoms with van der Waals surface area (Å²) in [5.41, 5.74) is 5.18. The van der Waals surface area contributed by atoms with Crippen molar-refractivity contribution in [2.45, 2.75) is 6.92 Å². The van der Waals surface area contributed by atoms with Crippen LogP contribution in [0.3, 0.4) is 0 Å². The summed E-state index contributed by atoms with van der Waals surface area (Å²) in [5, 5.41) is 4.18. The van der Waals surface area contributed by atoms with Gasteiger partial charge in [-0.3, -0.25) is 20.0 Å². The maximum Gasteiger partial charge on any atom is 0.350 e. The number of methoxy groups -OCH3 is 1. The van der Waals surface area contributed by atoms with Gasteiger partial charge in [-0.2, -0.15) is 5.10 Å². The number of hydrogen-bond donors (Lipinski definition) is 1. The van der Waals surface area contributed by atoms with Crippen LogP contribution in [0.25, 0.3) is 0 Å². The molecule has 0 radical (unpaired) electrons. The van der Waals surface area contributed by atoms with Crippen molar-refractivity contribution in [3.05, 3.63) is 40.1 Å². The van der Waals surface area contributed by atoms with Gasteiger partial charge in [0.25, 0.3) is 5.91 Å². The van der Waals surface area contributed by atoms with Gasteiger partial charge in [0.05, 0.1) is 24.2 Å². The van der Waals surface area contributed by atoms with Crippen molar-refractivity contribution in [3.8, 4) is 0 Å². The predicted octanol–water partition coefficient (Wildman–Crippen LogP) is 2.39. The zero-order chi connectivity index (χ0) is 16.8. The van der Waals surface area contributed by atoms with Crippen molar-refractivity contribution in [3.63, 3.8) is 0 Å². The number of benzene rings is 1. The number of aryl methyl sites for hydroxylation is 1. The minimum absolute atomic E-state index is 0.250. The Morgan fingerprint density at radius 1 is 1.29 bits per heavy atom. The van der Waals surface area contributed by atoms with Crippen LogP contribution in [0.5, 0.6) is 0 Å². The van der Waals surface area contributed by atoms with E-state index >= 15 is 0 Å². The molecule has 3 heterocycles. The highest BCUT2D eigenvalue weighted by Crippen LogP contribution is 2.37. The topological polar surface area (TPSA) is 74.2 Å². The van der Waals surface area contributed by atoms with Gasteiger partial charge in [0, 0.05) is 4.88 Å². The second-order valence-corrected chi connectivity index (χ2v) is 6.69. The van der Waals surface area contributed by atoms with E-state index in [0.717, 1.165) is 16.3 Å². The number of nitrogens with zero attached hydrogens (tertiary/aromatic N) is 3. The average molecular weight is 342 g/mol. The van der Waals surface area contributed by atoms with Gasteiger partial charge in [-0.15, -0.1) is 11.3 Å². The Bertz CT molecular complexity index is 889. The molecule has 1 saturated heterocycles. The van der Waals surface area contributed by atoms with Crippen LogP contribution >= 0.6 is 11.3 Å². The van der Waals surface area contributed by atoms with Crippen molar-refractivity contribution >= 4 is 46.1 Å². The Morgan fingerprint density at radius 2 is 2.08 bits per heavy atom. The monoisotopic (exact) mass is 342 g/mol. The quantitative estimate of drug-likeness (QED) is 0.848. The molecule has 4 rings (SSSR count). The van der Waals surface area contributed by atoms with Crippen LogP contribution in [0.1, 0.15) is 14.5 Å². The molecule has 2 aliphatic heterocycles. The molecule has 1 N–H and O–H groups in total. The average Bonchev–Trinajstić information content (AvgIpc) is 3.14. The minimum Gasteiger partial charge on any atom is -0.465 e. The Kier molecular flexibility index (Phi) is 3.27. The number of rotatable bonds is 2. The molecule has 1 amide bonds. The second kappa shape index (κ2) is 5.34. The van der Waals surface area contributed by atoms with Crippen LogP contribution in [-0.4, -0.2) is 31.5 Å². The van der Waals surface area contributed by atoms with Gasteiger partial charge in [0.2, 0.25) is 5.84 Å². The van der Waals surface area contributed by atoms with Gasteiger partial charge in [0.1, 0.15) is 11.5 Å². The van der Waals surface area contributed by atoms with E-state index in [1.807, 2.05) is 42.2 Å². The van der Waals surface area contributed by atoms with Gasteiger partial charge in [-0.25, -0.2) is 4.79 Å². The summed E-state index contributed by atoms with van der Waals surface area (Å²) in [7, 11) is 1.33. The molecule has 122 valence electrons. The zero-order valence-electron chi connectivity index (χ0n) is 13.1. The van der Waals surface area contributed by atoms with Crippen LogP contribution in [0.15, 0.2) is 35.4 Å². The SMILES string of the molecule is COC(=O)c1sc(C)cc1N1CN2C(=NNc3ccccc32)C1=O. The Balaban J connectivity index is 1.76. The molecular weight excluding hydrogens is 328 g/mol. The molecule has 0 saturated carbocycles. The van der Waals surface area contributed by atoms with E-state index in [9.17, 15) is 9.59 Å². The number of anilines is 3. The molecule has 1 aromatic heterocycles. The highest BCUT2D eigenvalue weighted by Gasteiger charge is 2.41. The lowest BCUT2D eigenvalue weighted by Crippen LogP contribution is -2.31.